The molecule has 2 aliphatic heterocycles. The Morgan fingerprint density at radius 3 is 2.70 bits per heavy atom. The molecule has 9 nitrogen and oxygen atoms in total. The first-order valence-corrected chi connectivity index (χ1v) is 8.78. The minimum atomic E-state index is -1.25. The number of nitrogens with one attached hydrogen (secondary N) is 2. The van der Waals surface area contributed by atoms with E-state index < -0.39 is 42.1 Å². The number of carbonyl (C=O) groups excluding carboxylic acids is 4. The van der Waals surface area contributed by atoms with Gasteiger partial charge in [0.1, 0.15) is 5.54 Å². The first-order valence-electron chi connectivity index (χ1n) is 8.78. The fraction of sp³-hybridized carbons (Fsp3) is 0.444. The molecule has 2 heterocycles. The molecule has 27 heavy (non-hydrogen) atoms. The second-order valence-electron chi connectivity index (χ2n) is 6.34. The number of imide groups is 1. The summed E-state index contributed by atoms with van der Waals surface area (Å²) in [5, 5.41) is 3.27. The molecule has 0 radical (unpaired) electrons. The number of benzene rings is 1. The van der Waals surface area contributed by atoms with E-state index in [1.165, 1.54) is 0 Å². The van der Waals surface area contributed by atoms with Crippen LogP contribution in [0, 0.1) is 0 Å². The van der Waals surface area contributed by atoms with E-state index in [-0.39, 0.29) is 0 Å². The van der Waals surface area contributed by atoms with E-state index in [0.29, 0.717) is 30.0 Å². The van der Waals surface area contributed by atoms with Crippen LogP contribution in [0.15, 0.2) is 30.3 Å². The van der Waals surface area contributed by atoms with Crippen molar-refractivity contribution in [3.63, 3.8) is 0 Å². The standard InChI is InChI=1S/C18H21N3O6/c1-2-18(12-7-4-3-5-8-12)16(24)21(17(25)19-18)20-14(22)11-27-15(23)13-9-6-10-26-13/h3-5,7-8,13H,2,6,9-11H2,1H3,(H,19,25)(H,20,22)/t13-,18-/m1/s1. The molecule has 1 aromatic rings. The number of nitrogens with zero attached hydrogens (tertiary/aromatic N) is 1. The molecule has 0 unspecified atom stereocenters. The zero-order valence-electron chi connectivity index (χ0n) is 14.9. The van der Waals surface area contributed by atoms with Gasteiger partial charge in [-0.3, -0.25) is 15.0 Å². The highest BCUT2D eigenvalue weighted by atomic mass is 16.6. The van der Waals surface area contributed by atoms with E-state index >= 15 is 0 Å². The van der Waals surface area contributed by atoms with E-state index in [0.717, 1.165) is 6.42 Å². The van der Waals surface area contributed by atoms with Crippen molar-refractivity contribution >= 4 is 23.8 Å². The number of hydrogen-bond acceptors (Lipinski definition) is 6. The van der Waals surface area contributed by atoms with Crippen molar-refractivity contribution in [3.05, 3.63) is 35.9 Å². The fourth-order valence-electron chi connectivity index (χ4n) is 3.19. The Balaban J connectivity index is 1.63. The summed E-state index contributed by atoms with van der Waals surface area (Å²) < 4.78 is 10.1. The summed E-state index contributed by atoms with van der Waals surface area (Å²) in [6, 6.07) is 8.04. The molecular formula is C18H21N3O6. The van der Waals surface area contributed by atoms with Gasteiger partial charge in [-0.2, -0.15) is 5.01 Å². The number of carbonyl (C=O) groups is 4. The summed E-state index contributed by atoms with van der Waals surface area (Å²) in [5.74, 6) is -2.02. The van der Waals surface area contributed by atoms with Gasteiger partial charge in [0.15, 0.2) is 12.7 Å². The molecule has 9 heteroatoms. The lowest BCUT2D eigenvalue weighted by atomic mass is 9.87. The predicted octanol–water partition coefficient (Wildman–Crippen LogP) is 0.597. The van der Waals surface area contributed by atoms with Gasteiger partial charge in [0.25, 0.3) is 11.8 Å². The molecule has 1 aromatic carbocycles. The molecule has 3 rings (SSSR count). The van der Waals surface area contributed by atoms with Gasteiger partial charge in [-0.1, -0.05) is 37.3 Å². The normalized spacial score (nSPS) is 24.6. The van der Waals surface area contributed by atoms with Crippen LogP contribution in [0.5, 0.6) is 0 Å². The van der Waals surface area contributed by atoms with E-state index in [1.807, 2.05) is 0 Å². The van der Waals surface area contributed by atoms with Crippen LogP contribution in [-0.4, -0.2) is 48.1 Å². The second-order valence-corrected chi connectivity index (χ2v) is 6.34. The van der Waals surface area contributed by atoms with Crippen molar-refractivity contribution in [1.82, 2.24) is 15.8 Å². The number of urea groups is 1. The molecule has 0 aromatic heterocycles. The van der Waals surface area contributed by atoms with Gasteiger partial charge in [0.2, 0.25) is 0 Å². The zero-order valence-corrected chi connectivity index (χ0v) is 14.9. The van der Waals surface area contributed by atoms with Gasteiger partial charge in [0.05, 0.1) is 0 Å². The SMILES string of the molecule is CC[C@]1(c2ccccc2)NC(=O)N(NC(=O)COC(=O)[C@H]2CCCO2)C1=O. The molecular weight excluding hydrogens is 354 g/mol. The number of hydrogen-bond donors (Lipinski definition) is 2. The molecule has 2 aliphatic rings. The lowest BCUT2D eigenvalue weighted by Crippen LogP contribution is -2.49. The fourth-order valence-corrected chi connectivity index (χ4v) is 3.19. The minimum absolute atomic E-state index is 0.308. The Hall–Kier alpha value is -2.94. The van der Waals surface area contributed by atoms with Gasteiger partial charge >= 0.3 is 12.0 Å². The first-order chi connectivity index (χ1) is 13.0. The molecule has 0 spiro atoms. The van der Waals surface area contributed by atoms with Gasteiger partial charge in [-0.05, 0) is 24.8 Å². The molecule has 0 bridgehead atoms. The number of rotatable bonds is 6. The summed E-state index contributed by atoms with van der Waals surface area (Å²) in [6.45, 7) is 1.63. The Labute approximate surface area is 156 Å². The van der Waals surface area contributed by atoms with Crippen molar-refractivity contribution in [2.24, 2.45) is 0 Å². The number of amides is 4. The number of esters is 1. The number of ether oxygens (including phenoxy) is 2. The van der Waals surface area contributed by atoms with Crippen LogP contribution in [0.25, 0.3) is 0 Å². The van der Waals surface area contributed by atoms with E-state index in [1.54, 1.807) is 37.3 Å². The van der Waals surface area contributed by atoms with Crippen LogP contribution in [0.4, 0.5) is 4.79 Å². The molecule has 2 fully saturated rings. The van der Waals surface area contributed by atoms with E-state index in [4.69, 9.17) is 9.47 Å². The largest absolute Gasteiger partial charge is 0.454 e. The quantitative estimate of drug-likeness (QED) is 0.556. The van der Waals surface area contributed by atoms with E-state index in [2.05, 4.69) is 10.7 Å². The smallest absolute Gasteiger partial charge is 0.344 e. The molecule has 2 atom stereocenters. The second kappa shape index (κ2) is 7.75. The highest BCUT2D eigenvalue weighted by Crippen LogP contribution is 2.31. The minimum Gasteiger partial charge on any atom is -0.454 e. The van der Waals surface area contributed by atoms with Crippen LogP contribution < -0.4 is 10.7 Å². The molecule has 0 aliphatic carbocycles. The maximum Gasteiger partial charge on any atom is 0.344 e. The summed E-state index contributed by atoms with van der Waals surface area (Å²) in [6.07, 6.45) is 0.943. The average molecular weight is 375 g/mol. The summed E-state index contributed by atoms with van der Waals surface area (Å²) in [7, 11) is 0. The van der Waals surface area contributed by atoms with Crippen molar-refractivity contribution in [1.29, 1.82) is 0 Å². The summed E-state index contributed by atoms with van der Waals surface area (Å²) in [5.41, 5.74) is 1.57. The van der Waals surface area contributed by atoms with Crippen molar-refractivity contribution in [3.8, 4) is 0 Å². The molecule has 2 saturated heterocycles. The summed E-state index contributed by atoms with van der Waals surface area (Å²) >= 11 is 0. The van der Waals surface area contributed by atoms with Crippen molar-refractivity contribution in [2.45, 2.75) is 37.8 Å². The third-order valence-corrected chi connectivity index (χ3v) is 4.66. The Kier molecular flexibility index (Phi) is 5.41. The van der Waals surface area contributed by atoms with Gasteiger partial charge < -0.3 is 14.8 Å². The van der Waals surface area contributed by atoms with E-state index in [9.17, 15) is 19.2 Å². The maximum absolute atomic E-state index is 12.9. The van der Waals surface area contributed by atoms with Crippen LogP contribution in [-0.2, 0) is 29.4 Å². The van der Waals surface area contributed by atoms with Crippen LogP contribution in [0.2, 0.25) is 0 Å². The first kappa shape index (κ1) is 18.8. The van der Waals surface area contributed by atoms with Crippen LogP contribution in [0.3, 0.4) is 0 Å². The predicted molar refractivity (Wildman–Crippen MR) is 91.9 cm³/mol. The Morgan fingerprint density at radius 2 is 2.07 bits per heavy atom. The topological polar surface area (TPSA) is 114 Å². The maximum atomic E-state index is 12.9. The van der Waals surface area contributed by atoms with Crippen LogP contribution in [0.1, 0.15) is 31.7 Å². The lowest BCUT2D eigenvalue weighted by molar-refractivity contribution is -0.158. The Bertz CT molecular complexity index is 747. The lowest BCUT2D eigenvalue weighted by Gasteiger charge is -2.25. The van der Waals surface area contributed by atoms with Gasteiger partial charge in [-0.25, -0.2) is 9.59 Å². The monoisotopic (exact) mass is 375 g/mol. The summed E-state index contributed by atoms with van der Waals surface area (Å²) in [4.78, 5) is 48.9. The average Bonchev–Trinajstić information content (AvgIpc) is 3.30. The van der Waals surface area contributed by atoms with Crippen molar-refractivity contribution in [2.75, 3.05) is 13.2 Å². The molecule has 144 valence electrons. The van der Waals surface area contributed by atoms with Gasteiger partial charge in [0, 0.05) is 6.61 Å². The van der Waals surface area contributed by atoms with Crippen molar-refractivity contribution < 1.29 is 28.7 Å². The van der Waals surface area contributed by atoms with Gasteiger partial charge in [-0.15, -0.1) is 0 Å². The highest BCUT2D eigenvalue weighted by molar-refractivity contribution is 6.08. The molecule has 4 amide bonds. The number of hydrazine groups is 1. The highest BCUT2D eigenvalue weighted by Gasteiger charge is 2.52. The third kappa shape index (κ3) is 3.63. The Morgan fingerprint density at radius 1 is 1.33 bits per heavy atom. The van der Waals surface area contributed by atoms with Crippen LogP contribution >= 0.6 is 0 Å². The molecule has 0 saturated carbocycles. The zero-order chi connectivity index (χ0) is 19.4. The molecule has 2 N–H and O–H groups in total. The third-order valence-electron chi connectivity index (χ3n) is 4.66.